The maximum absolute atomic E-state index is 13.0. The van der Waals surface area contributed by atoms with Crippen LogP contribution in [0.15, 0.2) is 24.3 Å². The van der Waals surface area contributed by atoms with Gasteiger partial charge in [-0.05, 0) is 37.3 Å². The highest BCUT2D eigenvalue weighted by Crippen LogP contribution is 2.30. The summed E-state index contributed by atoms with van der Waals surface area (Å²) in [6.45, 7) is 4.41. The lowest BCUT2D eigenvalue weighted by molar-refractivity contribution is -0.134. The van der Waals surface area contributed by atoms with Crippen LogP contribution in [0.25, 0.3) is 0 Å². The summed E-state index contributed by atoms with van der Waals surface area (Å²) >= 11 is 0. The zero-order valence-electron chi connectivity index (χ0n) is 15.6. The minimum Gasteiger partial charge on any atom is -0.323 e. The molecule has 0 unspecified atom stereocenters. The number of benzene rings is 1. The third kappa shape index (κ3) is 3.20. The highest BCUT2D eigenvalue weighted by molar-refractivity contribution is 6.10. The first-order valence-electron chi connectivity index (χ1n) is 9.55. The zero-order chi connectivity index (χ0) is 18.7. The molecule has 1 aromatic carbocycles. The van der Waals surface area contributed by atoms with Gasteiger partial charge in [-0.15, -0.1) is 0 Å². The standard InChI is InChI=1S/C20H27N3O3/c1-3-11-20(12-4-2)18(25)23(19(26)21-20)14-17(24)22-13-7-9-15-8-5-6-10-16(15)22/h5-6,8,10H,3-4,7,9,11-14H2,1-2H3,(H,21,26). The predicted molar refractivity (Wildman–Crippen MR) is 99.9 cm³/mol. The van der Waals surface area contributed by atoms with E-state index in [1.807, 2.05) is 38.1 Å². The van der Waals surface area contributed by atoms with Crippen molar-refractivity contribution in [3.63, 3.8) is 0 Å². The van der Waals surface area contributed by atoms with Gasteiger partial charge in [-0.25, -0.2) is 4.79 Å². The first kappa shape index (κ1) is 18.4. The van der Waals surface area contributed by atoms with E-state index in [9.17, 15) is 14.4 Å². The Kier molecular flexibility index (Phi) is 5.30. The largest absolute Gasteiger partial charge is 0.325 e. The Bertz CT molecular complexity index is 710. The molecule has 0 atom stereocenters. The number of urea groups is 1. The summed E-state index contributed by atoms with van der Waals surface area (Å²) in [7, 11) is 0. The zero-order valence-corrected chi connectivity index (χ0v) is 15.6. The van der Waals surface area contributed by atoms with Crippen molar-refractivity contribution < 1.29 is 14.4 Å². The fraction of sp³-hybridized carbons (Fsp3) is 0.550. The number of aryl methyl sites for hydroxylation is 1. The van der Waals surface area contributed by atoms with Crippen molar-refractivity contribution in [3.05, 3.63) is 29.8 Å². The van der Waals surface area contributed by atoms with E-state index < -0.39 is 11.6 Å². The Hall–Kier alpha value is -2.37. The topological polar surface area (TPSA) is 69.7 Å². The number of nitrogens with zero attached hydrogens (tertiary/aromatic N) is 2. The number of carbonyl (C=O) groups is 3. The van der Waals surface area contributed by atoms with E-state index in [1.165, 1.54) is 0 Å². The quantitative estimate of drug-likeness (QED) is 0.796. The average molecular weight is 357 g/mol. The maximum atomic E-state index is 13.0. The number of fused-ring (bicyclic) bond motifs is 1. The molecule has 2 aliphatic rings. The Balaban J connectivity index is 1.78. The second-order valence-corrected chi connectivity index (χ2v) is 7.18. The highest BCUT2D eigenvalue weighted by Gasteiger charge is 2.50. The van der Waals surface area contributed by atoms with E-state index in [-0.39, 0.29) is 18.4 Å². The molecule has 140 valence electrons. The molecule has 4 amide bonds. The van der Waals surface area contributed by atoms with Gasteiger partial charge >= 0.3 is 6.03 Å². The van der Waals surface area contributed by atoms with Crippen LogP contribution in [-0.4, -0.2) is 41.4 Å². The van der Waals surface area contributed by atoms with Crippen molar-refractivity contribution in [1.82, 2.24) is 10.2 Å². The molecule has 2 heterocycles. The van der Waals surface area contributed by atoms with Crippen LogP contribution in [-0.2, 0) is 16.0 Å². The summed E-state index contributed by atoms with van der Waals surface area (Å²) in [5.41, 5.74) is 1.18. The van der Waals surface area contributed by atoms with Crippen LogP contribution in [0, 0.1) is 0 Å². The number of rotatable bonds is 6. The highest BCUT2D eigenvalue weighted by atomic mass is 16.2. The van der Waals surface area contributed by atoms with E-state index in [0.29, 0.717) is 19.4 Å². The van der Waals surface area contributed by atoms with Gasteiger partial charge in [0.2, 0.25) is 5.91 Å². The number of imide groups is 1. The number of amides is 4. The molecule has 0 saturated carbocycles. The van der Waals surface area contributed by atoms with Gasteiger partial charge in [0.25, 0.3) is 5.91 Å². The monoisotopic (exact) mass is 357 g/mol. The Morgan fingerprint density at radius 2 is 1.85 bits per heavy atom. The predicted octanol–water partition coefficient (Wildman–Crippen LogP) is 2.86. The van der Waals surface area contributed by atoms with Gasteiger partial charge in [0.15, 0.2) is 0 Å². The fourth-order valence-electron chi connectivity index (χ4n) is 4.15. The van der Waals surface area contributed by atoms with Crippen molar-refractivity contribution in [2.45, 2.75) is 57.9 Å². The molecule has 6 nitrogen and oxygen atoms in total. The number of para-hydroxylation sites is 1. The number of carbonyl (C=O) groups excluding carboxylic acids is 3. The molecule has 6 heteroatoms. The van der Waals surface area contributed by atoms with Gasteiger partial charge in [-0.1, -0.05) is 44.9 Å². The lowest BCUT2D eigenvalue weighted by Crippen LogP contribution is -2.48. The molecule has 0 bridgehead atoms. The number of hydrogen-bond donors (Lipinski definition) is 1. The third-order valence-electron chi connectivity index (χ3n) is 5.30. The molecule has 1 aromatic rings. The average Bonchev–Trinajstić information content (AvgIpc) is 2.86. The van der Waals surface area contributed by atoms with E-state index in [0.717, 1.165) is 41.8 Å². The number of nitrogens with one attached hydrogen (secondary N) is 1. The van der Waals surface area contributed by atoms with Crippen LogP contribution in [0.3, 0.4) is 0 Å². The second kappa shape index (κ2) is 7.48. The maximum Gasteiger partial charge on any atom is 0.325 e. The summed E-state index contributed by atoms with van der Waals surface area (Å²) in [6, 6.07) is 7.38. The lowest BCUT2D eigenvalue weighted by Gasteiger charge is -2.30. The normalized spacial score (nSPS) is 18.7. The van der Waals surface area contributed by atoms with Crippen LogP contribution < -0.4 is 10.2 Å². The minimum atomic E-state index is -0.847. The number of anilines is 1. The van der Waals surface area contributed by atoms with Gasteiger partial charge in [0.1, 0.15) is 12.1 Å². The number of hydrogen-bond acceptors (Lipinski definition) is 3. The van der Waals surface area contributed by atoms with Gasteiger partial charge in [0, 0.05) is 12.2 Å². The van der Waals surface area contributed by atoms with Crippen LogP contribution in [0.1, 0.15) is 51.5 Å². The van der Waals surface area contributed by atoms with Crippen LogP contribution >= 0.6 is 0 Å². The third-order valence-corrected chi connectivity index (χ3v) is 5.30. The molecule has 0 radical (unpaired) electrons. The molecule has 1 saturated heterocycles. The molecule has 1 fully saturated rings. The molecule has 0 spiro atoms. The SMILES string of the molecule is CCCC1(CCC)NC(=O)N(CC(=O)N2CCCc3ccccc32)C1=O. The molecule has 0 aliphatic carbocycles. The first-order chi connectivity index (χ1) is 12.5. The van der Waals surface area contributed by atoms with Crippen LogP contribution in [0.5, 0.6) is 0 Å². The smallest absolute Gasteiger partial charge is 0.323 e. The summed E-state index contributed by atoms with van der Waals surface area (Å²) in [5, 5.41) is 2.86. The molecule has 1 N–H and O–H groups in total. The van der Waals surface area contributed by atoms with Gasteiger partial charge in [-0.3, -0.25) is 14.5 Å². The fourth-order valence-corrected chi connectivity index (χ4v) is 4.15. The van der Waals surface area contributed by atoms with Crippen molar-refractivity contribution in [1.29, 1.82) is 0 Å². The van der Waals surface area contributed by atoms with E-state index in [2.05, 4.69) is 5.32 Å². The van der Waals surface area contributed by atoms with Gasteiger partial charge in [-0.2, -0.15) is 0 Å². The van der Waals surface area contributed by atoms with Crippen LogP contribution in [0.4, 0.5) is 10.5 Å². The summed E-state index contributed by atoms with van der Waals surface area (Å²) in [5.74, 6) is -0.464. The summed E-state index contributed by atoms with van der Waals surface area (Å²) in [6.07, 6.45) is 4.63. The molecule has 26 heavy (non-hydrogen) atoms. The first-order valence-corrected chi connectivity index (χ1v) is 9.55. The molecule has 2 aliphatic heterocycles. The Morgan fingerprint density at radius 3 is 2.54 bits per heavy atom. The van der Waals surface area contributed by atoms with Crippen molar-refractivity contribution in [3.8, 4) is 0 Å². The van der Waals surface area contributed by atoms with Crippen molar-refractivity contribution in [2.24, 2.45) is 0 Å². The summed E-state index contributed by atoms with van der Waals surface area (Å²) in [4.78, 5) is 41.1. The van der Waals surface area contributed by atoms with Gasteiger partial charge in [0.05, 0.1) is 0 Å². The molecule has 0 aromatic heterocycles. The minimum absolute atomic E-state index is 0.200. The van der Waals surface area contributed by atoms with Crippen molar-refractivity contribution >= 4 is 23.5 Å². The van der Waals surface area contributed by atoms with Gasteiger partial charge < -0.3 is 10.2 Å². The van der Waals surface area contributed by atoms with E-state index in [4.69, 9.17) is 0 Å². The Morgan fingerprint density at radius 1 is 1.15 bits per heavy atom. The second-order valence-electron chi connectivity index (χ2n) is 7.18. The van der Waals surface area contributed by atoms with Crippen LogP contribution in [0.2, 0.25) is 0 Å². The molecule has 3 rings (SSSR count). The summed E-state index contributed by atoms with van der Waals surface area (Å²) < 4.78 is 0. The molecular formula is C20H27N3O3. The lowest BCUT2D eigenvalue weighted by atomic mass is 9.88. The van der Waals surface area contributed by atoms with E-state index in [1.54, 1.807) is 4.90 Å². The van der Waals surface area contributed by atoms with Crippen molar-refractivity contribution in [2.75, 3.05) is 18.0 Å². The van der Waals surface area contributed by atoms with E-state index >= 15 is 0 Å². The molecular weight excluding hydrogens is 330 g/mol. The Labute approximate surface area is 154 Å².